The van der Waals surface area contributed by atoms with Crippen LogP contribution in [0.15, 0.2) is 35.1 Å². The van der Waals surface area contributed by atoms with E-state index in [0.29, 0.717) is 6.04 Å². The number of hydrogen-bond donors (Lipinski definition) is 2. The lowest BCUT2D eigenvalue weighted by Crippen LogP contribution is -2.21. The summed E-state index contributed by atoms with van der Waals surface area (Å²) < 4.78 is 0. The van der Waals surface area contributed by atoms with Gasteiger partial charge in [0.2, 0.25) is 5.56 Å². The van der Waals surface area contributed by atoms with Crippen molar-refractivity contribution in [2.45, 2.75) is 44.6 Å². The zero-order valence-corrected chi connectivity index (χ0v) is 12.1. The van der Waals surface area contributed by atoms with Gasteiger partial charge in [-0.05, 0) is 73.4 Å². The molecule has 0 saturated heterocycles. The van der Waals surface area contributed by atoms with E-state index in [1.807, 2.05) is 6.07 Å². The summed E-state index contributed by atoms with van der Waals surface area (Å²) in [5.74, 6) is 0. The molecule has 3 heteroatoms. The van der Waals surface area contributed by atoms with E-state index in [-0.39, 0.29) is 5.56 Å². The summed E-state index contributed by atoms with van der Waals surface area (Å²) in [6.07, 6.45) is 6.94. The molecular weight excluding hydrogens is 260 g/mol. The molecule has 1 aromatic heterocycles. The van der Waals surface area contributed by atoms with Crippen LogP contribution in [0.1, 0.15) is 47.7 Å². The van der Waals surface area contributed by atoms with Crippen molar-refractivity contribution in [3.05, 3.63) is 63.1 Å². The predicted octanol–water partition coefficient (Wildman–Crippen LogP) is 3.35. The van der Waals surface area contributed by atoms with Crippen molar-refractivity contribution < 1.29 is 0 Å². The first kappa shape index (κ1) is 12.7. The molecule has 4 rings (SSSR count). The van der Waals surface area contributed by atoms with E-state index in [9.17, 15) is 4.79 Å². The number of rotatable bonds is 2. The molecule has 1 heterocycles. The van der Waals surface area contributed by atoms with E-state index in [0.717, 1.165) is 25.0 Å². The van der Waals surface area contributed by atoms with Crippen molar-refractivity contribution in [3.8, 4) is 0 Å². The monoisotopic (exact) mass is 280 g/mol. The summed E-state index contributed by atoms with van der Waals surface area (Å²) in [5.41, 5.74) is 6.58. The van der Waals surface area contributed by atoms with Crippen molar-refractivity contribution in [2.24, 2.45) is 0 Å². The molecular formula is C18H20N2O. The molecule has 2 N–H and O–H groups in total. The fraction of sp³-hybridized carbons (Fsp3) is 0.389. The Morgan fingerprint density at radius 3 is 2.86 bits per heavy atom. The number of aryl methyl sites for hydroxylation is 3. The minimum absolute atomic E-state index is 0.00642. The molecule has 2 aliphatic carbocycles. The molecule has 0 amide bonds. The SMILES string of the molecule is O=c1ccc2c([nH]1)CCCC2Nc1ccc2c(c1)CCC2. The van der Waals surface area contributed by atoms with Gasteiger partial charge in [0.15, 0.2) is 0 Å². The number of H-pyrrole nitrogens is 1. The van der Waals surface area contributed by atoms with Gasteiger partial charge >= 0.3 is 0 Å². The van der Waals surface area contributed by atoms with Crippen LogP contribution in [-0.4, -0.2) is 4.98 Å². The van der Waals surface area contributed by atoms with Gasteiger partial charge in [0.25, 0.3) is 0 Å². The Labute approximate surface area is 124 Å². The number of aromatic amines is 1. The zero-order chi connectivity index (χ0) is 14.2. The number of benzene rings is 1. The maximum absolute atomic E-state index is 11.5. The van der Waals surface area contributed by atoms with E-state index in [1.54, 1.807) is 6.07 Å². The third kappa shape index (κ3) is 2.37. The van der Waals surface area contributed by atoms with Gasteiger partial charge in [-0.15, -0.1) is 0 Å². The molecule has 3 nitrogen and oxygen atoms in total. The first-order valence-corrected chi connectivity index (χ1v) is 7.90. The van der Waals surface area contributed by atoms with Gasteiger partial charge in [0, 0.05) is 17.4 Å². The van der Waals surface area contributed by atoms with Gasteiger partial charge in [-0.3, -0.25) is 4.79 Å². The molecule has 2 aliphatic rings. The van der Waals surface area contributed by atoms with Crippen LogP contribution in [0.5, 0.6) is 0 Å². The molecule has 0 spiro atoms. The fourth-order valence-electron chi connectivity index (χ4n) is 3.71. The highest BCUT2D eigenvalue weighted by Crippen LogP contribution is 2.32. The number of nitrogens with one attached hydrogen (secondary N) is 2. The third-order valence-corrected chi connectivity index (χ3v) is 4.77. The van der Waals surface area contributed by atoms with Crippen molar-refractivity contribution >= 4 is 5.69 Å². The number of anilines is 1. The van der Waals surface area contributed by atoms with Crippen LogP contribution in [0, 0.1) is 0 Å². The van der Waals surface area contributed by atoms with Gasteiger partial charge in [0.05, 0.1) is 6.04 Å². The third-order valence-electron chi connectivity index (χ3n) is 4.77. The van der Waals surface area contributed by atoms with Crippen LogP contribution < -0.4 is 10.9 Å². The predicted molar refractivity (Wildman–Crippen MR) is 84.8 cm³/mol. The normalized spacial score (nSPS) is 19.9. The van der Waals surface area contributed by atoms with Gasteiger partial charge in [-0.25, -0.2) is 0 Å². The van der Waals surface area contributed by atoms with E-state index in [1.165, 1.54) is 41.6 Å². The smallest absolute Gasteiger partial charge is 0.248 e. The molecule has 0 radical (unpaired) electrons. The van der Waals surface area contributed by atoms with E-state index in [2.05, 4.69) is 28.5 Å². The number of hydrogen-bond acceptors (Lipinski definition) is 2. The highest BCUT2D eigenvalue weighted by Gasteiger charge is 2.21. The maximum Gasteiger partial charge on any atom is 0.248 e. The van der Waals surface area contributed by atoms with Gasteiger partial charge < -0.3 is 10.3 Å². The second kappa shape index (κ2) is 5.06. The lowest BCUT2D eigenvalue weighted by atomic mass is 9.91. The molecule has 108 valence electrons. The molecule has 0 fully saturated rings. The van der Waals surface area contributed by atoms with Crippen molar-refractivity contribution in [1.82, 2.24) is 4.98 Å². The maximum atomic E-state index is 11.5. The summed E-state index contributed by atoms with van der Waals surface area (Å²) in [6, 6.07) is 10.7. The molecule has 0 aliphatic heterocycles. The average Bonchev–Trinajstić information content (AvgIpc) is 2.95. The Morgan fingerprint density at radius 2 is 1.90 bits per heavy atom. The van der Waals surface area contributed by atoms with Gasteiger partial charge in [-0.2, -0.15) is 0 Å². The Balaban J connectivity index is 1.62. The van der Waals surface area contributed by atoms with Crippen LogP contribution in [0.3, 0.4) is 0 Å². The van der Waals surface area contributed by atoms with Crippen LogP contribution in [-0.2, 0) is 19.3 Å². The van der Waals surface area contributed by atoms with E-state index in [4.69, 9.17) is 0 Å². The number of pyridine rings is 1. The average molecular weight is 280 g/mol. The Hall–Kier alpha value is -2.03. The molecule has 1 atom stereocenters. The topological polar surface area (TPSA) is 44.9 Å². The molecule has 1 aromatic carbocycles. The highest BCUT2D eigenvalue weighted by atomic mass is 16.1. The second-order valence-electron chi connectivity index (χ2n) is 6.18. The lowest BCUT2D eigenvalue weighted by Gasteiger charge is -2.27. The Bertz CT molecular complexity index is 732. The largest absolute Gasteiger partial charge is 0.378 e. The number of aromatic nitrogens is 1. The van der Waals surface area contributed by atoms with Gasteiger partial charge in [-0.1, -0.05) is 6.07 Å². The van der Waals surface area contributed by atoms with Gasteiger partial charge in [0.1, 0.15) is 0 Å². The first-order chi connectivity index (χ1) is 10.3. The highest BCUT2D eigenvalue weighted by molar-refractivity contribution is 5.52. The van der Waals surface area contributed by atoms with Crippen LogP contribution in [0.25, 0.3) is 0 Å². The fourth-order valence-corrected chi connectivity index (χ4v) is 3.71. The summed E-state index contributed by atoms with van der Waals surface area (Å²) in [7, 11) is 0. The molecule has 1 unspecified atom stereocenters. The van der Waals surface area contributed by atoms with Crippen molar-refractivity contribution in [3.63, 3.8) is 0 Å². The summed E-state index contributed by atoms with van der Waals surface area (Å²) in [6.45, 7) is 0. The Kier molecular flexibility index (Phi) is 3.06. The van der Waals surface area contributed by atoms with E-state index < -0.39 is 0 Å². The quantitative estimate of drug-likeness (QED) is 0.886. The molecule has 0 bridgehead atoms. The minimum atomic E-state index is 0.00642. The number of fused-ring (bicyclic) bond motifs is 2. The van der Waals surface area contributed by atoms with Crippen LogP contribution >= 0.6 is 0 Å². The van der Waals surface area contributed by atoms with Crippen LogP contribution in [0.2, 0.25) is 0 Å². The minimum Gasteiger partial charge on any atom is -0.378 e. The van der Waals surface area contributed by atoms with E-state index >= 15 is 0 Å². The summed E-state index contributed by atoms with van der Waals surface area (Å²) in [4.78, 5) is 14.4. The molecule has 21 heavy (non-hydrogen) atoms. The molecule has 2 aromatic rings. The van der Waals surface area contributed by atoms with Crippen molar-refractivity contribution in [1.29, 1.82) is 0 Å². The molecule has 0 saturated carbocycles. The first-order valence-electron chi connectivity index (χ1n) is 7.90. The Morgan fingerprint density at radius 1 is 1.00 bits per heavy atom. The second-order valence-corrected chi connectivity index (χ2v) is 6.18. The summed E-state index contributed by atoms with van der Waals surface area (Å²) in [5, 5.41) is 3.66. The zero-order valence-electron chi connectivity index (χ0n) is 12.1. The lowest BCUT2D eigenvalue weighted by molar-refractivity contribution is 0.587. The van der Waals surface area contributed by atoms with Crippen LogP contribution in [0.4, 0.5) is 5.69 Å². The standard InChI is InChI=1S/C18H20N2O/c21-18-10-9-15-16(5-2-6-17(15)20-18)19-14-8-7-12-3-1-4-13(12)11-14/h7-11,16,19H,1-6H2,(H,20,21). The van der Waals surface area contributed by atoms with Crippen molar-refractivity contribution in [2.75, 3.05) is 5.32 Å². The summed E-state index contributed by atoms with van der Waals surface area (Å²) >= 11 is 0.